The van der Waals surface area contributed by atoms with Crippen LogP contribution in [-0.2, 0) is 10.3 Å². The van der Waals surface area contributed by atoms with Gasteiger partial charge in [-0.3, -0.25) is 4.79 Å². The molecule has 0 radical (unpaired) electrons. The van der Waals surface area contributed by atoms with Crippen molar-refractivity contribution in [3.05, 3.63) is 82.4 Å². The lowest BCUT2D eigenvalue weighted by Crippen LogP contribution is -2.33. The summed E-state index contributed by atoms with van der Waals surface area (Å²) in [6, 6.07) is 16.7. The predicted octanol–water partition coefficient (Wildman–Crippen LogP) is 4.56. The first-order chi connectivity index (χ1) is 14.8. The van der Waals surface area contributed by atoms with E-state index in [9.17, 15) is 9.59 Å². The first-order valence-electron chi connectivity index (χ1n) is 10.1. The number of ketones is 1. The number of nitrogens with one attached hydrogen (secondary N) is 1. The Hall–Kier alpha value is -3.80. The average Bonchev–Trinajstić information content (AvgIpc) is 3.05. The van der Waals surface area contributed by atoms with Crippen molar-refractivity contribution in [1.82, 2.24) is 0 Å². The molecule has 1 spiro atoms. The zero-order chi connectivity index (χ0) is 21.9. The molecule has 1 N–H and O–H groups in total. The number of hydrogen-bond acceptors (Lipinski definition) is 6. The van der Waals surface area contributed by atoms with E-state index >= 15 is 0 Å². The summed E-state index contributed by atoms with van der Waals surface area (Å²) < 4.78 is 12.5. The minimum atomic E-state index is -1.18. The second kappa shape index (κ2) is 6.60. The molecule has 0 fully saturated rings. The third-order valence-corrected chi connectivity index (χ3v) is 6.00. The van der Waals surface area contributed by atoms with E-state index in [1.807, 2.05) is 62.4 Å². The highest BCUT2D eigenvalue weighted by molar-refractivity contribution is 6.00. The molecule has 5 rings (SSSR count). The standard InChI is InChI=1S/C25H22N2O4/c1-14(28)15-5-8-18-21(11-15)25(31-24(18)29)19-9-6-16(26-2)12-22(19)30-23-13-17(27(3)4)7-10-20(23)25/h5-13,26H,1-4H3. The molecule has 0 aliphatic carbocycles. The monoisotopic (exact) mass is 414 g/mol. The number of fused-ring (bicyclic) bond motifs is 6. The van der Waals surface area contributed by atoms with Crippen molar-refractivity contribution in [1.29, 1.82) is 0 Å². The van der Waals surface area contributed by atoms with Gasteiger partial charge < -0.3 is 19.7 Å². The molecule has 0 saturated carbocycles. The van der Waals surface area contributed by atoms with Gasteiger partial charge in [0.15, 0.2) is 11.4 Å². The van der Waals surface area contributed by atoms with Crippen LogP contribution in [0.15, 0.2) is 54.6 Å². The number of rotatable bonds is 3. The molecule has 2 aliphatic rings. The number of carbonyl (C=O) groups is 2. The van der Waals surface area contributed by atoms with Crippen LogP contribution in [0.5, 0.6) is 11.5 Å². The number of nitrogens with zero attached hydrogens (tertiary/aromatic N) is 1. The van der Waals surface area contributed by atoms with Gasteiger partial charge in [-0.2, -0.15) is 0 Å². The van der Waals surface area contributed by atoms with E-state index in [1.54, 1.807) is 18.2 Å². The van der Waals surface area contributed by atoms with Gasteiger partial charge in [0.05, 0.1) is 5.56 Å². The summed E-state index contributed by atoms with van der Waals surface area (Å²) in [7, 11) is 5.75. The molecule has 156 valence electrons. The van der Waals surface area contributed by atoms with E-state index in [0.717, 1.165) is 22.5 Å². The number of carbonyl (C=O) groups excluding carboxylic acids is 2. The number of ether oxygens (including phenoxy) is 2. The highest BCUT2D eigenvalue weighted by Crippen LogP contribution is 2.57. The van der Waals surface area contributed by atoms with Crippen LogP contribution >= 0.6 is 0 Å². The van der Waals surface area contributed by atoms with Gasteiger partial charge in [-0.1, -0.05) is 6.07 Å². The van der Waals surface area contributed by atoms with Crippen LogP contribution in [-0.4, -0.2) is 32.9 Å². The summed E-state index contributed by atoms with van der Waals surface area (Å²) in [5.74, 6) is 0.724. The molecule has 31 heavy (non-hydrogen) atoms. The third kappa shape index (κ3) is 2.64. The largest absolute Gasteiger partial charge is 0.456 e. The molecule has 2 heterocycles. The molecule has 2 aliphatic heterocycles. The molecule has 0 aromatic heterocycles. The number of benzene rings is 3. The van der Waals surface area contributed by atoms with Crippen LogP contribution in [0.3, 0.4) is 0 Å². The Morgan fingerprint density at radius 2 is 1.65 bits per heavy atom. The van der Waals surface area contributed by atoms with E-state index in [-0.39, 0.29) is 5.78 Å². The summed E-state index contributed by atoms with van der Waals surface area (Å²) in [6.07, 6.45) is 0. The maximum Gasteiger partial charge on any atom is 0.340 e. The Morgan fingerprint density at radius 3 is 2.32 bits per heavy atom. The fourth-order valence-corrected chi connectivity index (χ4v) is 4.36. The summed E-state index contributed by atoms with van der Waals surface area (Å²) in [5, 5.41) is 3.12. The highest BCUT2D eigenvalue weighted by atomic mass is 16.6. The lowest BCUT2D eigenvalue weighted by atomic mass is 9.77. The second-order valence-electron chi connectivity index (χ2n) is 8.03. The van der Waals surface area contributed by atoms with Crippen LogP contribution in [0.25, 0.3) is 0 Å². The normalized spacial score (nSPS) is 17.9. The molecule has 1 unspecified atom stereocenters. The smallest absolute Gasteiger partial charge is 0.340 e. The van der Waals surface area contributed by atoms with Crippen molar-refractivity contribution in [2.45, 2.75) is 12.5 Å². The van der Waals surface area contributed by atoms with E-state index in [1.165, 1.54) is 6.92 Å². The third-order valence-electron chi connectivity index (χ3n) is 6.00. The zero-order valence-electron chi connectivity index (χ0n) is 17.8. The van der Waals surface area contributed by atoms with Gasteiger partial charge in [0.2, 0.25) is 0 Å². The SMILES string of the molecule is CNc1ccc2c(c1)Oc1cc(N(C)C)ccc1C21OC(=O)c2ccc(C(C)=O)cc21. The van der Waals surface area contributed by atoms with Crippen LogP contribution < -0.4 is 15.0 Å². The van der Waals surface area contributed by atoms with Crippen molar-refractivity contribution in [3.63, 3.8) is 0 Å². The molecule has 6 heteroatoms. The van der Waals surface area contributed by atoms with Gasteiger partial charge in [-0.25, -0.2) is 4.79 Å². The quantitative estimate of drug-likeness (QED) is 0.500. The van der Waals surface area contributed by atoms with Crippen molar-refractivity contribution < 1.29 is 19.1 Å². The summed E-state index contributed by atoms with van der Waals surface area (Å²) in [5.41, 5.74) is 3.76. The minimum Gasteiger partial charge on any atom is -0.456 e. The summed E-state index contributed by atoms with van der Waals surface area (Å²) in [6.45, 7) is 1.51. The first-order valence-corrected chi connectivity index (χ1v) is 10.1. The number of anilines is 2. The van der Waals surface area contributed by atoms with Crippen LogP contribution in [0.2, 0.25) is 0 Å². The van der Waals surface area contributed by atoms with Crippen molar-refractivity contribution >= 4 is 23.1 Å². The number of esters is 1. The van der Waals surface area contributed by atoms with Gasteiger partial charge in [0.1, 0.15) is 11.5 Å². The van der Waals surface area contributed by atoms with Gasteiger partial charge in [0, 0.05) is 66.9 Å². The van der Waals surface area contributed by atoms with Crippen LogP contribution in [0.1, 0.15) is 44.3 Å². The number of Topliss-reactive ketones (excluding diaryl/α,β-unsaturated/α-hetero) is 1. The Labute approximate surface area is 180 Å². The van der Waals surface area contributed by atoms with E-state index in [4.69, 9.17) is 9.47 Å². The Kier molecular flexibility index (Phi) is 4.09. The molecule has 3 aromatic rings. The van der Waals surface area contributed by atoms with Crippen LogP contribution in [0, 0.1) is 0 Å². The molecule has 0 amide bonds. The predicted molar refractivity (Wildman–Crippen MR) is 119 cm³/mol. The molecule has 3 aromatic carbocycles. The fraction of sp³-hybridized carbons (Fsp3) is 0.200. The lowest BCUT2D eigenvalue weighted by molar-refractivity contribution is 0.0224. The topological polar surface area (TPSA) is 67.9 Å². The Bertz CT molecular complexity index is 1260. The van der Waals surface area contributed by atoms with Gasteiger partial charge >= 0.3 is 5.97 Å². The van der Waals surface area contributed by atoms with E-state index in [0.29, 0.717) is 28.2 Å². The molecular formula is C25H22N2O4. The Morgan fingerprint density at radius 1 is 0.935 bits per heavy atom. The van der Waals surface area contributed by atoms with Crippen molar-refractivity contribution in [3.8, 4) is 11.5 Å². The summed E-state index contributed by atoms with van der Waals surface area (Å²) in [4.78, 5) is 27.1. The van der Waals surface area contributed by atoms with Gasteiger partial charge in [0.25, 0.3) is 0 Å². The summed E-state index contributed by atoms with van der Waals surface area (Å²) >= 11 is 0. The van der Waals surface area contributed by atoms with Gasteiger partial charge in [-0.15, -0.1) is 0 Å². The molecular weight excluding hydrogens is 392 g/mol. The van der Waals surface area contributed by atoms with Crippen molar-refractivity contribution in [2.24, 2.45) is 0 Å². The zero-order valence-corrected chi connectivity index (χ0v) is 17.8. The molecule has 6 nitrogen and oxygen atoms in total. The maximum atomic E-state index is 13.0. The molecule has 0 bridgehead atoms. The molecule has 1 atom stereocenters. The fourth-order valence-electron chi connectivity index (χ4n) is 4.36. The van der Waals surface area contributed by atoms with E-state index < -0.39 is 11.6 Å². The minimum absolute atomic E-state index is 0.0710. The van der Waals surface area contributed by atoms with Gasteiger partial charge in [-0.05, 0) is 43.3 Å². The average molecular weight is 414 g/mol. The lowest BCUT2D eigenvalue weighted by Gasteiger charge is -2.37. The number of hydrogen-bond donors (Lipinski definition) is 1. The Balaban J connectivity index is 1.86. The van der Waals surface area contributed by atoms with Crippen molar-refractivity contribution in [2.75, 3.05) is 31.4 Å². The van der Waals surface area contributed by atoms with Crippen LogP contribution in [0.4, 0.5) is 11.4 Å². The highest BCUT2D eigenvalue weighted by Gasteiger charge is 2.53. The van der Waals surface area contributed by atoms with E-state index in [2.05, 4.69) is 5.32 Å². The second-order valence-corrected chi connectivity index (χ2v) is 8.03. The maximum absolute atomic E-state index is 13.0. The molecule has 0 saturated heterocycles. The first kappa shape index (κ1) is 19.2.